The first-order valence-electron chi connectivity index (χ1n) is 8.47. The molecule has 0 saturated heterocycles. The number of benzene rings is 1. The zero-order valence-electron chi connectivity index (χ0n) is 14.9. The van der Waals surface area contributed by atoms with Gasteiger partial charge in [-0.1, -0.05) is 30.3 Å². The van der Waals surface area contributed by atoms with Crippen LogP contribution in [0, 0.1) is 0 Å². The maximum atomic E-state index is 12.2. The number of ether oxygens (including phenoxy) is 1. The Morgan fingerprint density at radius 3 is 2.64 bits per heavy atom. The van der Waals surface area contributed by atoms with Crippen LogP contribution in [0.2, 0.25) is 0 Å². The highest BCUT2D eigenvalue weighted by molar-refractivity contribution is 7.13. The van der Waals surface area contributed by atoms with E-state index in [-0.39, 0.29) is 18.2 Å². The van der Waals surface area contributed by atoms with E-state index < -0.39 is 5.97 Å². The summed E-state index contributed by atoms with van der Waals surface area (Å²) < 4.78 is 16.2. The number of hydrogen-bond acceptors (Lipinski definition) is 7. The molecule has 7 heteroatoms. The molecular weight excluding hydrogens is 378 g/mol. The molecule has 0 aliphatic heterocycles. The van der Waals surface area contributed by atoms with Crippen molar-refractivity contribution >= 4 is 23.1 Å². The Morgan fingerprint density at radius 1 is 1.11 bits per heavy atom. The maximum Gasteiger partial charge on any atom is 0.374 e. The summed E-state index contributed by atoms with van der Waals surface area (Å²) in [7, 11) is 0. The molecule has 0 amide bonds. The van der Waals surface area contributed by atoms with Gasteiger partial charge in [-0.25, -0.2) is 9.78 Å². The third-order valence-electron chi connectivity index (χ3n) is 4.02. The first-order valence-corrected chi connectivity index (χ1v) is 9.35. The topological polar surface area (TPSA) is 82.5 Å². The molecule has 0 saturated carbocycles. The lowest BCUT2D eigenvalue weighted by Crippen LogP contribution is -2.04. The van der Waals surface area contributed by atoms with Crippen molar-refractivity contribution in [3.8, 4) is 22.1 Å². The number of carbonyl (C=O) groups is 2. The highest BCUT2D eigenvalue weighted by Gasteiger charge is 2.16. The minimum absolute atomic E-state index is 0.00893. The Kier molecular flexibility index (Phi) is 4.90. The summed E-state index contributed by atoms with van der Waals surface area (Å²) >= 11 is 1.52. The number of oxazole rings is 1. The first kappa shape index (κ1) is 17.9. The van der Waals surface area contributed by atoms with E-state index in [2.05, 4.69) is 4.98 Å². The number of rotatable bonds is 6. The second-order valence-electron chi connectivity index (χ2n) is 5.99. The van der Waals surface area contributed by atoms with Crippen LogP contribution in [0.15, 0.2) is 69.0 Å². The molecule has 0 aliphatic carbocycles. The Morgan fingerprint density at radius 2 is 1.93 bits per heavy atom. The molecule has 0 atom stereocenters. The van der Waals surface area contributed by atoms with Crippen LogP contribution < -0.4 is 0 Å². The molecule has 3 heterocycles. The standard InChI is InChI=1S/C21H15NO5S/c1-13(23)14-4-6-15(7-5-14)17-8-9-18(27-17)21(24)26-12-16-11-25-20(22-16)19-3-2-10-28-19/h2-11H,12H2,1H3. The minimum atomic E-state index is -0.590. The molecule has 6 nitrogen and oxygen atoms in total. The SMILES string of the molecule is CC(=O)c1ccc(-c2ccc(C(=O)OCc3coc(-c4cccs4)n3)o2)cc1. The van der Waals surface area contributed by atoms with E-state index >= 15 is 0 Å². The lowest BCUT2D eigenvalue weighted by atomic mass is 10.1. The maximum absolute atomic E-state index is 12.2. The Bertz CT molecular complexity index is 1110. The van der Waals surface area contributed by atoms with Crippen molar-refractivity contribution in [1.29, 1.82) is 0 Å². The van der Waals surface area contributed by atoms with Gasteiger partial charge in [0.25, 0.3) is 0 Å². The number of aromatic nitrogens is 1. The number of esters is 1. The van der Waals surface area contributed by atoms with Crippen LogP contribution >= 0.6 is 11.3 Å². The normalized spacial score (nSPS) is 10.8. The van der Waals surface area contributed by atoms with E-state index in [4.69, 9.17) is 13.6 Å². The fourth-order valence-electron chi connectivity index (χ4n) is 2.57. The average molecular weight is 393 g/mol. The number of Topliss-reactive ketones (excluding diaryl/α,β-unsaturated/α-hetero) is 1. The molecule has 4 aromatic rings. The van der Waals surface area contributed by atoms with Gasteiger partial charge in [0.1, 0.15) is 24.3 Å². The summed E-state index contributed by atoms with van der Waals surface area (Å²) in [5, 5.41) is 1.93. The van der Waals surface area contributed by atoms with Gasteiger partial charge < -0.3 is 13.6 Å². The molecule has 0 unspecified atom stereocenters. The van der Waals surface area contributed by atoms with Crippen LogP contribution in [-0.2, 0) is 11.3 Å². The van der Waals surface area contributed by atoms with E-state index in [1.165, 1.54) is 24.5 Å². The largest absolute Gasteiger partial charge is 0.453 e. The van der Waals surface area contributed by atoms with Crippen LogP contribution in [0.4, 0.5) is 0 Å². The minimum Gasteiger partial charge on any atom is -0.453 e. The van der Waals surface area contributed by atoms with Gasteiger partial charge in [-0.15, -0.1) is 11.3 Å². The van der Waals surface area contributed by atoms with Crippen molar-refractivity contribution in [3.63, 3.8) is 0 Å². The molecule has 0 aliphatic rings. The van der Waals surface area contributed by atoms with Crippen LogP contribution in [0.1, 0.15) is 33.5 Å². The number of furan rings is 1. The van der Waals surface area contributed by atoms with E-state index in [1.807, 2.05) is 17.5 Å². The summed E-state index contributed by atoms with van der Waals surface area (Å²) in [5.41, 5.74) is 1.90. The fourth-order valence-corrected chi connectivity index (χ4v) is 3.22. The van der Waals surface area contributed by atoms with Crippen LogP contribution in [0.25, 0.3) is 22.1 Å². The van der Waals surface area contributed by atoms with E-state index in [9.17, 15) is 9.59 Å². The molecule has 4 rings (SSSR count). The molecule has 0 N–H and O–H groups in total. The molecule has 28 heavy (non-hydrogen) atoms. The number of carbonyl (C=O) groups excluding carboxylic acids is 2. The van der Waals surface area contributed by atoms with Crippen molar-refractivity contribution in [3.05, 3.63) is 77.2 Å². The summed E-state index contributed by atoms with van der Waals surface area (Å²) in [6.07, 6.45) is 1.46. The zero-order valence-corrected chi connectivity index (χ0v) is 15.7. The molecule has 140 valence electrons. The molecule has 3 aromatic heterocycles. The lowest BCUT2D eigenvalue weighted by molar-refractivity contribution is 0.0432. The summed E-state index contributed by atoms with van der Waals surface area (Å²) in [6.45, 7) is 1.49. The number of hydrogen-bond donors (Lipinski definition) is 0. The Balaban J connectivity index is 1.40. The first-order chi connectivity index (χ1) is 13.6. The zero-order chi connectivity index (χ0) is 19.5. The summed E-state index contributed by atoms with van der Waals surface area (Å²) in [4.78, 5) is 28.8. The summed E-state index contributed by atoms with van der Waals surface area (Å²) in [5.74, 6) is 0.504. The summed E-state index contributed by atoms with van der Waals surface area (Å²) in [6, 6.07) is 14.0. The number of ketones is 1. The highest BCUT2D eigenvalue weighted by atomic mass is 32.1. The van der Waals surface area contributed by atoms with Gasteiger partial charge in [0, 0.05) is 11.1 Å². The molecule has 0 spiro atoms. The van der Waals surface area contributed by atoms with Crippen LogP contribution in [-0.4, -0.2) is 16.7 Å². The van der Waals surface area contributed by atoms with Crippen LogP contribution in [0.3, 0.4) is 0 Å². The quantitative estimate of drug-likeness (QED) is 0.330. The average Bonchev–Trinajstić information content (AvgIpc) is 3.47. The van der Waals surface area contributed by atoms with Gasteiger partial charge in [0.05, 0.1) is 4.88 Å². The molecule has 0 fully saturated rings. The van der Waals surface area contributed by atoms with E-state index in [0.29, 0.717) is 22.9 Å². The highest BCUT2D eigenvalue weighted by Crippen LogP contribution is 2.25. The van der Waals surface area contributed by atoms with Crippen molar-refractivity contribution in [1.82, 2.24) is 4.98 Å². The molecular formula is C21H15NO5S. The second kappa shape index (κ2) is 7.66. The monoisotopic (exact) mass is 393 g/mol. The van der Waals surface area contributed by atoms with Gasteiger partial charge in [-0.3, -0.25) is 4.79 Å². The predicted octanol–water partition coefficient (Wildman–Crippen LogP) is 5.22. The molecule has 0 bridgehead atoms. The Labute approximate surface area is 164 Å². The van der Waals surface area contributed by atoms with Crippen LogP contribution in [0.5, 0.6) is 0 Å². The fraction of sp³-hybridized carbons (Fsp3) is 0.0952. The number of thiophene rings is 1. The number of nitrogens with zero attached hydrogens (tertiary/aromatic N) is 1. The van der Waals surface area contributed by atoms with Crippen molar-refractivity contribution in [2.45, 2.75) is 13.5 Å². The van der Waals surface area contributed by atoms with E-state index in [1.54, 1.807) is 36.4 Å². The third-order valence-corrected chi connectivity index (χ3v) is 4.88. The third kappa shape index (κ3) is 3.79. The Hall–Kier alpha value is -3.45. The van der Waals surface area contributed by atoms with Gasteiger partial charge in [0.15, 0.2) is 5.78 Å². The van der Waals surface area contributed by atoms with Gasteiger partial charge in [-0.05, 0) is 30.5 Å². The molecule has 1 aromatic carbocycles. The van der Waals surface area contributed by atoms with Crippen molar-refractivity contribution in [2.24, 2.45) is 0 Å². The second-order valence-corrected chi connectivity index (χ2v) is 6.94. The smallest absolute Gasteiger partial charge is 0.374 e. The van der Waals surface area contributed by atoms with Gasteiger partial charge in [-0.2, -0.15) is 0 Å². The molecule has 0 radical (unpaired) electrons. The lowest BCUT2D eigenvalue weighted by Gasteiger charge is -2.01. The predicted molar refractivity (Wildman–Crippen MR) is 103 cm³/mol. The van der Waals surface area contributed by atoms with Gasteiger partial charge in [0.2, 0.25) is 11.7 Å². The van der Waals surface area contributed by atoms with Crippen molar-refractivity contribution in [2.75, 3.05) is 0 Å². The van der Waals surface area contributed by atoms with Crippen molar-refractivity contribution < 1.29 is 23.2 Å². The van der Waals surface area contributed by atoms with Gasteiger partial charge >= 0.3 is 5.97 Å². The van der Waals surface area contributed by atoms with E-state index in [0.717, 1.165) is 10.4 Å².